The minimum Gasteiger partial charge on any atom is -0.366 e. The molecule has 19 heavy (non-hydrogen) atoms. The van der Waals surface area contributed by atoms with Crippen LogP contribution in [0.5, 0.6) is 0 Å². The maximum absolute atomic E-state index is 12.1. The van der Waals surface area contributed by atoms with Gasteiger partial charge in [-0.3, -0.25) is 4.79 Å². The molecule has 102 valence electrons. The highest BCUT2D eigenvalue weighted by Crippen LogP contribution is 2.12. The number of hydrogen-bond acceptors (Lipinski definition) is 4. The molecular weight excluding hydrogens is 284 g/mol. The minimum atomic E-state index is -3.78. The summed E-state index contributed by atoms with van der Waals surface area (Å²) in [6, 6.07) is 4.79. The molecule has 0 fully saturated rings. The molecule has 2 heterocycles. The van der Waals surface area contributed by atoms with Crippen molar-refractivity contribution in [3.05, 3.63) is 51.1 Å². The second-order valence-electron chi connectivity index (χ2n) is 4.18. The third-order valence-electron chi connectivity index (χ3n) is 2.52. The third kappa shape index (κ3) is 3.52. The number of aromatic nitrogens is 1. The van der Waals surface area contributed by atoms with Gasteiger partial charge < -0.3 is 4.98 Å². The molecule has 0 aliphatic carbocycles. The maximum atomic E-state index is 12.1. The lowest BCUT2D eigenvalue weighted by Crippen LogP contribution is -2.36. The summed E-state index contributed by atoms with van der Waals surface area (Å²) in [7, 11) is -3.78. The summed E-state index contributed by atoms with van der Waals surface area (Å²) in [4.78, 5) is 15.0. The Hall–Kier alpha value is -1.44. The second kappa shape index (κ2) is 5.68. The van der Waals surface area contributed by atoms with E-state index in [-0.39, 0.29) is 10.9 Å². The van der Waals surface area contributed by atoms with Gasteiger partial charge in [-0.2, -0.15) is 0 Å². The Morgan fingerprint density at radius 2 is 2.21 bits per heavy atom. The van der Waals surface area contributed by atoms with Gasteiger partial charge in [0, 0.05) is 29.4 Å². The van der Waals surface area contributed by atoms with E-state index < -0.39 is 15.5 Å². The monoisotopic (exact) mass is 298 g/mol. The van der Waals surface area contributed by atoms with Crippen LogP contribution in [0.3, 0.4) is 0 Å². The van der Waals surface area contributed by atoms with E-state index in [1.807, 2.05) is 17.5 Å². The molecule has 1 unspecified atom stereocenters. The molecule has 2 N–H and O–H groups in total. The van der Waals surface area contributed by atoms with E-state index in [4.69, 9.17) is 0 Å². The SMILES string of the molecule is CC(Cc1cccs1)NS(=O)(=O)c1c[nH]ccc1=O. The summed E-state index contributed by atoms with van der Waals surface area (Å²) in [5.74, 6) is 0. The predicted molar refractivity (Wildman–Crippen MR) is 74.9 cm³/mol. The van der Waals surface area contributed by atoms with Crippen LogP contribution in [0.4, 0.5) is 0 Å². The van der Waals surface area contributed by atoms with Gasteiger partial charge in [0.1, 0.15) is 4.90 Å². The van der Waals surface area contributed by atoms with Crippen LogP contribution in [-0.2, 0) is 16.4 Å². The Balaban J connectivity index is 2.14. The molecule has 2 aromatic rings. The summed E-state index contributed by atoms with van der Waals surface area (Å²) in [6.07, 6.45) is 3.20. The average molecular weight is 298 g/mol. The van der Waals surface area contributed by atoms with Crippen molar-refractivity contribution in [1.29, 1.82) is 0 Å². The summed E-state index contributed by atoms with van der Waals surface area (Å²) in [5, 5.41) is 1.94. The lowest BCUT2D eigenvalue weighted by molar-refractivity contribution is 0.559. The molecule has 1 atom stereocenters. The zero-order chi connectivity index (χ0) is 13.9. The number of thiophene rings is 1. The van der Waals surface area contributed by atoms with Crippen LogP contribution in [-0.4, -0.2) is 19.4 Å². The van der Waals surface area contributed by atoms with E-state index in [9.17, 15) is 13.2 Å². The second-order valence-corrected chi connectivity index (χ2v) is 6.89. The molecule has 2 aromatic heterocycles. The van der Waals surface area contributed by atoms with E-state index in [1.165, 1.54) is 18.5 Å². The minimum absolute atomic E-state index is 0.256. The van der Waals surface area contributed by atoms with Crippen LogP contribution in [0.15, 0.2) is 45.7 Å². The van der Waals surface area contributed by atoms with Crippen LogP contribution in [0.25, 0.3) is 0 Å². The van der Waals surface area contributed by atoms with Crippen molar-refractivity contribution in [2.24, 2.45) is 0 Å². The number of H-pyrrole nitrogens is 1. The standard InChI is InChI=1S/C12H14N2O3S2/c1-9(7-10-3-2-6-18-10)14-19(16,17)12-8-13-5-4-11(12)15/h2-6,8-9,14H,7H2,1H3,(H,13,15). The van der Waals surface area contributed by atoms with Crippen LogP contribution in [0, 0.1) is 0 Å². The van der Waals surface area contributed by atoms with E-state index in [0.717, 1.165) is 4.88 Å². The summed E-state index contributed by atoms with van der Waals surface area (Å²) in [6.45, 7) is 1.77. The number of rotatable bonds is 5. The molecule has 0 aromatic carbocycles. The Labute approximate surface area is 115 Å². The van der Waals surface area contributed by atoms with Gasteiger partial charge in [-0.1, -0.05) is 6.07 Å². The molecule has 7 heteroatoms. The molecule has 0 spiro atoms. The fourth-order valence-corrected chi connectivity index (χ4v) is 3.84. The normalized spacial score (nSPS) is 13.3. The third-order valence-corrected chi connectivity index (χ3v) is 5.03. The molecule has 0 saturated heterocycles. The fourth-order valence-electron chi connectivity index (χ4n) is 1.71. The highest BCUT2D eigenvalue weighted by Gasteiger charge is 2.20. The van der Waals surface area contributed by atoms with Gasteiger partial charge in [0.05, 0.1) is 0 Å². The van der Waals surface area contributed by atoms with Gasteiger partial charge in [-0.25, -0.2) is 13.1 Å². The van der Waals surface area contributed by atoms with Crippen molar-refractivity contribution in [3.8, 4) is 0 Å². The fraction of sp³-hybridized carbons (Fsp3) is 0.250. The molecule has 5 nitrogen and oxygen atoms in total. The highest BCUT2D eigenvalue weighted by molar-refractivity contribution is 7.89. The van der Waals surface area contributed by atoms with Gasteiger partial charge in [0.25, 0.3) is 0 Å². The summed E-state index contributed by atoms with van der Waals surface area (Å²) < 4.78 is 26.6. The van der Waals surface area contributed by atoms with Crippen molar-refractivity contribution in [1.82, 2.24) is 9.71 Å². The lowest BCUT2D eigenvalue weighted by atomic mass is 10.2. The van der Waals surface area contributed by atoms with Crippen molar-refractivity contribution in [2.45, 2.75) is 24.3 Å². The zero-order valence-electron chi connectivity index (χ0n) is 10.3. The number of sulfonamides is 1. The van der Waals surface area contributed by atoms with Crippen LogP contribution in [0.1, 0.15) is 11.8 Å². The van der Waals surface area contributed by atoms with Crippen molar-refractivity contribution >= 4 is 21.4 Å². The topological polar surface area (TPSA) is 79.0 Å². The first-order chi connectivity index (χ1) is 8.99. The Morgan fingerprint density at radius 3 is 2.84 bits per heavy atom. The van der Waals surface area contributed by atoms with E-state index in [1.54, 1.807) is 18.3 Å². The zero-order valence-corrected chi connectivity index (χ0v) is 11.9. The summed E-state index contributed by atoms with van der Waals surface area (Å²) in [5.41, 5.74) is -0.519. The van der Waals surface area contributed by atoms with E-state index in [2.05, 4.69) is 9.71 Å². The van der Waals surface area contributed by atoms with Crippen LogP contribution in [0.2, 0.25) is 0 Å². The van der Waals surface area contributed by atoms with Gasteiger partial charge in [-0.05, 0) is 24.8 Å². The smallest absolute Gasteiger partial charge is 0.246 e. The summed E-state index contributed by atoms with van der Waals surface area (Å²) >= 11 is 1.57. The molecular formula is C12H14N2O3S2. The Kier molecular flexibility index (Phi) is 4.18. The molecule has 0 aliphatic rings. The lowest BCUT2D eigenvalue weighted by Gasteiger charge is -2.12. The van der Waals surface area contributed by atoms with E-state index >= 15 is 0 Å². The first-order valence-electron chi connectivity index (χ1n) is 5.71. The van der Waals surface area contributed by atoms with Gasteiger partial charge >= 0.3 is 0 Å². The Morgan fingerprint density at radius 1 is 1.42 bits per heavy atom. The van der Waals surface area contributed by atoms with Gasteiger partial charge in [0.2, 0.25) is 15.5 Å². The van der Waals surface area contributed by atoms with Gasteiger partial charge in [-0.15, -0.1) is 11.3 Å². The number of hydrogen-bond donors (Lipinski definition) is 2. The molecule has 0 aliphatic heterocycles. The van der Waals surface area contributed by atoms with Crippen molar-refractivity contribution < 1.29 is 8.42 Å². The molecule has 0 bridgehead atoms. The Bertz CT molecular complexity index is 690. The van der Waals surface area contributed by atoms with E-state index in [0.29, 0.717) is 6.42 Å². The molecule has 0 radical (unpaired) electrons. The maximum Gasteiger partial charge on any atom is 0.246 e. The van der Waals surface area contributed by atoms with Crippen molar-refractivity contribution in [3.63, 3.8) is 0 Å². The quantitative estimate of drug-likeness (QED) is 0.874. The molecule has 0 amide bonds. The van der Waals surface area contributed by atoms with Crippen LogP contribution < -0.4 is 10.2 Å². The average Bonchev–Trinajstić information content (AvgIpc) is 2.81. The first kappa shape index (κ1) is 14.0. The van der Waals surface area contributed by atoms with Crippen LogP contribution >= 0.6 is 11.3 Å². The highest BCUT2D eigenvalue weighted by atomic mass is 32.2. The number of pyridine rings is 1. The molecule has 0 saturated carbocycles. The van der Waals surface area contributed by atoms with Gasteiger partial charge in [0.15, 0.2) is 0 Å². The number of nitrogens with one attached hydrogen (secondary N) is 2. The van der Waals surface area contributed by atoms with Crippen molar-refractivity contribution in [2.75, 3.05) is 0 Å². The number of aromatic amines is 1. The molecule has 2 rings (SSSR count). The largest absolute Gasteiger partial charge is 0.366 e. The predicted octanol–water partition coefficient (Wildman–Crippen LogP) is 1.35. The first-order valence-corrected chi connectivity index (χ1v) is 8.07.